The SMILES string of the molecule is CC(C1CNCCO1)N1CCN(C)c2ccccc21. The fraction of sp³-hybridized carbons (Fsp3) is 0.600. The topological polar surface area (TPSA) is 27.7 Å². The van der Waals surface area contributed by atoms with Gasteiger partial charge < -0.3 is 19.9 Å². The maximum Gasteiger partial charge on any atom is 0.0900 e. The molecule has 2 aliphatic heterocycles. The first kappa shape index (κ1) is 12.8. The number of anilines is 2. The largest absolute Gasteiger partial charge is 0.373 e. The lowest BCUT2D eigenvalue weighted by Gasteiger charge is -2.43. The molecule has 1 N–H and O–H groups in total. The molecule has 1 saturated heterocycles. The zero-order valence-corrected chi connectivity index (χ0v) is 11.8. The van der Waals surface area contributed by atoms with Crippen LogP contribution < -0.4 is 15.1 Å². The minimum atomic E-state index is 0.283. The summed E-state index contributed by atoms with van der Waals surface area (Å²) in [5.74, 6) is 0. The molecule has 0 amide bonds. The Labute approximate surface area is 115 Å². The number of nitrogens with one attached hydrogen (secondary N) is 1. The first-order valence-electron chi connectivity index (χ1n) is 7.16. The Bertz CT molecular complexity index is 431. The van der Waals surface area contributed by atoms with E-state index >= 15 is 0 Å². The first-order chi connectivity index (χ1) is 9.27. The molecular formula is C15H23N3O. The molecule has 4 heteroatoms. The van der Waals surface area contributed by atoms with Crippen molar-refractivity contribution >= 4 is 11.4 Å². The highest BCUT2D eigenvalue weighted by Crippen LogP contribution is 2.33. The van der Waals surface area contributed by atoms with Gasteiger partial charge in [0.05, 0.1) is 30.1 Å². The van der Waals surface area contributed by atoms with Crippen LogP contribution in [0.3, 0.4) is 0 Å². The lowest BCUT2D eigenvalue weighted by molar-refractivity contribution is 0.0144. The van der Waals surface area contributed by atoms with Crippen LogP contribution in [0.5, 0.6) is 0 Å². The van der Waals surface area contributed by atoms with E-state index in [2.05, 4.69) is 53.4 Å². The maximum atomic E-state index is 5.92. The van der Waals surface area contributed by atoms with Crippen LogP contribution in [-0.4, -0.2) is 52.0 Å². The predicted molar refractivity (Wildman–Crippen MR) is 79.1 cm³/mol. The van der Waals surface area contributed by atoms with Crippen molar-refractivity contribution in [1.82, 2.24) is 5.32 Å². The maximum absolute atomic E-state index is 5.92. The average molecular weight is 261 g/mol. The first-order valence-corrected chi connectivity index (χ1v) is 7.16. The van der Waals surface area contributed by atoms with Gasteiger partial charge in [0.1, 0.15) is 0 Å². The Balaban J connectivity index is 1.83. The third kappa shape index (κ3) is 2.42. The van der Waals surface area contributed by atoms with Gasteiger partial charge in [0.2, 0.25) is 0 Å². The van der Waals surface area contributed by atoms with E-state index in [0.29, 0.717) is 6.04 Å². The molecule has 4 nitrogen and oxygen atoms in total. The average Bonchev–Trinajstić information content (AvgIpc) is 2.48. The Morgan fingerprint density at radius 2 is 2.05 bits per heavy atom. The van der Waals surface area contributed by atoms with Gasteiger partial charge in [-0.15, -0.1) is 0 Å². The Morgan fingerprint density at radius 1 is 1.26 bits per heavy atom. The van der Waals surface area contributed by atoms with Gasteiger partial charge in [-0.1, -0.05) is 12.1 Å². The van der Waals surface area contributed by atoms with Crippen LogP contribution in [0.2, 0.25) is 0 Å². The third-order valence-electron chi connectivity index (χ3n) is 4.26. The van der Waals surface area contributed by atoms with Crippen molar-refractivity contribution in [2.45, 2.75) is 19.1 Å². The van der Waals surface area contributed by atoms with Crippen LogP contribution >= 0.6 is 0 Å². The third-order valence-corrected chi connectivity index (χ3v) is 4.26. The highest BCUT2D eigenvalue weighted by atomic mass is 16.5. The summed E-state index contributed by atoms with van der Waals surface area (Å²) in [6, 6.07) is 9.06. The smallest absolute Gasteiger partial charge is 0.0900 e. The van der Waals surface area contributed by atoms with E-state index in [4.69, 9.17) is 4.74 Å². The van der Waals surface area contributed by atoms with Crippen LogP contribution in [-0.2, 0) is 4.74 Å². The summed E-state index contributed by atoms with van der Waals surface area (Å²) >= 11 is 0. The molecule has 0 aromatic heterocycles. The molecule has 0 spiro atoms. The van der Waals surface area contributed by atoms with E-state index < -0.39 is 0 Å². The van der Waals surface area contributed by atoms with Crippen molar-refractivity contribution < 1.29 is 4.74 Å². The Hall–Kier alpha value is -1.26. The number of morpholine rings is 1. The van der Waals surface area contributed by atoms with Gasteiger partial charge in [-0.2, -0.15) is 0 Å². The quantitative estimate of drug-likeness (QED) is 0.869. The minimum Gasteiger partial charge on any atom is -0.373 e. The molecule has 19 heavy (non-hydrogen) atoms. The van der Waals surface area contributed by atoms with Gasteiger partial charge in [-0.05, 0) is 19.1 Å². The van der Waals surface area contributed by atoms with Gasteiger partial charge >= 0.3 is 0 Å². The molecule has 2 atom stereocenters. The molecule has 1 aromatic carbocycles. The molecule has 1 aromatic rings. The fourth-order valence-corrected chi connectivity index (χ4v) is 3.05. The fourth-order valence-electron chi connectivity index (χ4n) is 3.05. The van der Waals surface area contributed by atoms with Gasteiger partial charge in [0.25, 0.3) is 0 Å². The van der Waals surface area contributed by atoms with Gasteiger partial charge in [-0.25, -0.2) is 0 Å². The van der Waals surface area contributed by atoms with Crippen molar-refractivity contribution in [3.8, 4) is 0 Å². The van der Waals surface area contributed by atoms with Gasteiger partial charge in [-0.3, -0.25) is 0 Å². The zero-order chi connectivity index (χ0) is 13.2. The van der Waals surface area contributed by atoms with Crippen LogP contribution in [0.15, 0.2) is 24.3 Å². The second-order valence-corrected chi connectivity index (χ2v) is 5.46. The lowest BCUT2D eigenvalue weighted by atomic mass is 10.1. The molecule has 0 bridgehead atoms. The summed E-state index contributed by atoms with van der Waals surface area (Å²) in [5, 5.41) is 3.43. The summed E-state index contributed by atoms with van der Waals surface area (Å²) in [6.45, 7) is 7.17. The van der Waals surface area contributed by atoms with Crippen molar-refractivity contribution in [3.63, 3.8) is 0 Å². The van der Waals surface area contributed by atoms with E-state index in [0.717, 1.165) is 32.8 Å². The van der Waals surface area contributed by atoms with Crippen molar-refractivity contribution in [3.05, 3.63) is 24.3 Å². The second kappa shape index (κ2) is 5.39. The normalized spacial score (nSPS) is 25.1. The molecule has 104 valence electrons. The van der Waals surface area contributed by atoms with Crippen LogP contribution in [0.25, 0.3) is 0 Å². The highest BCUT2D eigenvalue weighted by molar-refractivity contribution is 5.73. The standard InChI is InChI=1S/C15H23N3O/c1-12(15-11-16-7-10-19-15)18-9-8-17(2)13-5-3-4-6-14(13)18/h3-6,12,15-16H,7-11H2,1-2H3. The van der Waals surface area contributed by atoms with Gasteiger partial charge in [0.15, 0.2) is 0 Å². The molecule has 0 aliphatic carbocycles. The number of hydrogen-bond donors (Lipinski definition) is 1. The monoisotopic (exact) mass is 261 g/mol. The number of hydrogen-bond acceptors (Lipinski definition) is 4. The molecule has 2 aliphatic rings. The van der Waals surface area contributed by atoms with Crippen LogP contribution in [0, 0.1) is 0 Å². The van der Waals surface area contributed by atoms with Crippen molar-refractivity contribution in [2.75, 3.05) is 49.6 Å². The molecule has 0 radical (unpaired) electrons. The number of fused-ring (bicyclic) bond motifs is 1. The van der Waals surface area contributed by atoms with E-state index in [9.17, 15) is 0 Å². The van der Waals surface area contributed by atoms with Crippen molar-refractivity contribution in [2.24, 2.45) is 0 Å². The molecule has 2 unspecified atom stereocenters. The lowest BCUT2D eigenvalue weighted by Crippen LogP contribution is -2.54. The minimum absolute atomic E-state index is 0.283. The van der Waals surface area contributed by atoms with E-state index in [1.54, 1.807) is 0 Å². The molecular weight excluding hydrogens is 238 g/mol. The molecule has 2 heterocycles. The number of likely N-dealkylation sites (N-methyl/N-ethyl adjacent to an activating group) is 1. The molecule has 1 fully saturated rings. The van der Waals surface area contributed by atoms with E-state index in [1.165, 1.54) is 11.4 Å². The second-order valence-electron chi connectivity index (χ2n) is 5.46. The number of benzene rings is 1. The number of rotatable bonds is 2. The number of para-hydroxylation sites is 2. The van der Waals surface area contributed by atoms with Crippen LogP contribution in [0.1, 0.15) is 6.92 Å². The zero-order valence-electron chi connectivity index (χ0n) is 11.8. The van der Waals surface area contributed by atoms with E-state index in [-0.39, 0.29) is 6.10 Å². The molecule has 3 rings (SSSR count). The Morgan fingerprint density at radius 3 is 2.79 bits per heavy atom. The summed E-state index contributed by atoms with van der Waals surface area (Å²) in [6.07, 6.45) is 0.283. The number of nitrogens with zero attached hydrogens (tertiary/aromatic N) is 2. The summed E-state index contributed by atoms with van der Waals surface area (Å²) in [5.41, 5.74) is 2.65. The molecule has 0 saturated carbocycles. The Kier molecular flexibility index (Phi) is 3.62. The summed E-state index contributed by atoms with van der Waals surface area (Å²) in [7, 11) is 2.17. The predicted octanol–water partition coefficient (Wildman–Crippen LogP) is 1.32. The highest BCUT2D eigenvalue weighted by Gasteiger charge is 2.30. The van der Waals surface area contributed by atoms with Crippen molar-refractivity contribution in [1.29, 1.82) is 0 Å². The summed E-state index contributed by atoms with van der Waals surface area (Å²) < 4.78 is 5.92. The van der Waals surface area contributed by atoms with E-state index in [1.807, 2.05) is 0 Å². The van der Waals surface area contributed by atoms with Crippen LogP contribution in [0.4, 0.5) is 11.4 Å². The summed E-state index contributed by atoms with van der Waals surface area (Å²) in [4.78, 5) is 4.82. The van der Waals surface area contributed by atoms with Gasteiger partial charge in [0, 0.05) is 33.2 Å². The number of ether oxygens (including phenoxy) is 1.